The fourth-order valence-electron chi connectivity index (χ4n) is 2.38. The Labute approximate surface area is 108 Å². The maximum Gasteiger partial charge on any atom is 0.223 e. The van der Waals surface area contributed by atoms with E-state index in [0.717, 1.165) is 31.6 Å². The fraction of sp³-hybridized carbons (Fsp3) is 0.571. The zero-order valence-electron chi connectivity index (χ0n) is 11.1. The summed E-state index contributed by atoms with van der Waals surface area (Å²) >= 11 is 0. The van der Waals surface area contributed by atoms with Crippen molar-refractivity contribution in [1.29, 1.82) is 0 Å². The summed E-state index contributed by atoms with van der Waals surface area (Å²) in [4.78, 5) is 18.3. The van der Waals surface area contributed by atoms with Gasteiger partial charge in [-0.1, -0.05) is 6.07 Å². The monoisotopic (exact) mass is 247 g/mol. The van der Waals surface area contributed by atoms with E-state index in [1.165, 1.54) is 0 Å². The molecule has 4 nitrogen and oxygen atoms in total. The largest absolute Gasteiger partial charge is 0.335 e. The lowest BCUT2D eigenvalue weighted by atomic mass is 9.99. The summed E-state index contributed by atoms with van der Waals surface area (Å²) in [7, 11) is 0. The van der Waals surface area contributed by atoms with E-state index in [4.69, 9.17) is 0 Å². The summed E-state index contributed by atoms with van der Waals surface area (Å²) in [5.41, 5.74) is 1.04. The zero-order chi connectivity index (χ0) is 13.0. The summed E-state index contributed by atoms with van der Waals surface area (Å²) in [5.74, 6) is 0.241. The van der Waals surface area contributed by atoms with E-state index < -0.39 is 0 Å². The predicted octanol–water partition coefficient (Wildman–Crippen LogP) is 1.22. The van der Waals surface area contributed by atoms with Crippen LogP contribution >= 0.6 is 0 Å². The average Bonchev–Trinajstić information content (AvgIpc) is 2.37. The Morgan fingerprint density at radius 1 is 1.56 bits per heavy atom. The minimum absolute atomic E-state index is 0.0791. The van der Waals surface area contributed by atoms with Crippen LogP contribution in [-0.2, 0) is 11.2 Å². The van der Waals surface area contributed by atoms with Crippen LogP contribution in [0.5, 0.6) is 0 Å². The summed E-state index contributed by atoms with van der Waals surface area (Å²) < 4.78 is 0. The first kappa shape index (κ1) is 13.0. The summed E-state index contributed by atoms with van der Waals surface area (Å²) in [6, 6.07) is 3.93. The Morgan fingerprint density at radius 2 is 2.39 bits per heavy atom. The van der Waals surface area contributed by atoms with Gasteiger partial charge in [-0.15, -0.1) is 0 Å². The van der Waals surface area contributed by atoms with Gasteiger partial charge in [0.15, 0.2) is 0 Å². The lowest BCUT2D eigenvalue weighted by Gasteiger charge is -2.43. The molecular weight excluding hydrogens is 226 g/mol. The Kier molecular flexibility index (Phi) is 3.97. The normalized spacial score (nSPS) is 18.7. The molecule has 0 bridgehead atoms. The Bertz CT molecular complexity index is 403. The van der Waals surface area contributed by atoms with Crippen LogP contribution in [0.3, 0.4) is 0 Å². The molecule has 0 aromatic carbocycles. The van der Waals surface area contributed by atoms with Crippen LogP contribution in [0.25, 0.3) is 0 Å². The number of hydrogen-bond donors (Lipinski definition) is 1. The molecule has 1 aliphatic rings. The van der Waals surface area contributed by atoms with Gasteiger partial charge in [-0.05, 0) is 31.9 Å². The van der Waals surface area contributed by atoms with E-state index in [1.54, 1.807) is 6.20 Å². The number of carbonyl (C=O) groups excluding carboxylic acids is 1. The number of nitrogens with one attached hydrogen (secondary N) is 1. The summed E-state index contributed by atoms with van der Waals surface area (Å²) in [6.07, 6.45) is 4.92. The molecule has 1 aromatic rings. The SMILES string of the molecule is CC1(C)CNCCN1C(=O)CCc1cccnc1. The number of carbonyl (C=O) groups is 1. The zero-order valence-corrected chi connectivity index (χ0v) is 11.1. The van der Waals surface area contributed by atoms with Crippen molar-refractivity contribution in [1.82, 2.24) is 15.2 Å². The Balaban J connectivity index is 1.91. The fourth-order valence-corrected chi connectivity index (χ4v) is 2.38. The molecule has 0 atom stereocenters. The van der Waals surface area contributed by atoms with Crippen molar-refractivity contribution in [3.63, 3.8) is 0 Å². The molecule has 18 heavy (non-hydrogen) atoms. The first-order valence-electron chi connectivity index (χ1n) is 6.50. The van der Waals surface area contributed by atoms with E-state index in [-0.39, 0.29) is 11.4 Å². The number of aromatic nitrogens is 1. The topological polar surface area (TPSA) is 45.2 Å². The molecule has 0 radical (unpaired) electrons. The van der Waals surface area contributed by atoms with Crippen molar-refractivity contribution < 1.29 is 4.79 Å². The minimum Gasteiger partial charge on any atom is -0.335 e. The van der Waals surface area contributed by atoms with Crippen molar-refractivity contribution >= 4 is 5.91 Å². The van der Waals surface area contributed by atoms with Gasteiger partial charge < -0.3 is 10.2 Å². The maximum absolute atomic E-state index is 12.3. The smallest absolute Gasteiger partial charge is 0.223 e. The highest BCUT2D eigenvalue weighted by Gasteiger charge is 2.32. The second kappa shape index (κ2) is 5.48. The van der Waals surface area contributed by atoms with Crippen LogP contribution < -0.4 is 5.32 Å². The molecule has 1 amide bonds. The predicted molar refractivity (Wildman–Crippen MR) is 71.2 cm³/mol. The van der Waals surface area contributed by atoms with Crippen molar-refractivity contribution in [2.45, 2.75) is 32.2 Å². The minimum atomic E-state index is -0.0791. The number of amides is 1. The van der Waals surface area contributed by atoms with Gasteiger partial charge in [0.25, 0.3) is 0 Å². The van der Waals surface area contributed by atoms with Crippen LogP contribution in [0.1, 0.15) is 25.8 Å². The van der Waals surface area contributed by atoms with Crippen molar-refractivity contribution in [2.24, 2.45) is 0 Å². The lowest BCUT2D eigenvalue weighted by molar-refractivity contribution is -0.137. The molecule has 0 aliphatic carbocycles. The van der Waals surface area contributed by atoms with Gasteiger partial charge in [0.05, 0.1) is 0 Å². The van der Waals surface area contributed by atoms with E-state index in [1.807, 2.05) is 23.2 Å². The number of rotatable bonds is 3. The molecule has 1 fully saturated rings. The molecule has 0 unspecified atom stereocenters. The van der Waals surface area contributed by atoms with Crippen LogP contribution in [0, 0.1) is 0 Å². The van der Waals surface area contributed by atoms with Crippen LogP contribution in [0.15, 0.2) is 24.5 Å². The standard InChI is InChI=1S/C14H21N3O/c1-14(2)11-16-8-9-17(14)13(18)6-5-12-4-3-7-15-10-12/h3-4,7,10,16H,5-6,8-9,11H2,1-2H3. The third kappa shape index (κ3) is 3.07. The van der Waals surface area contributed by atoms with E-state index >= 15 is 0 Å². The van der Waals surface area contributed by atoms with Crippen LogP contribution in [0.2, 0.25) is 0 Å². The molecule has 2 rings (SSSR count). The molecule has 0 spiro atoms. The highest BCUT2D eigenvalue weighted by Crippen LogP contribution is 2.18. The van der Waals surface area contributed by atoms with Gasteiger partial charge in [0.2, 0.25) is 5.91 Å². The number of hydrogen-bond acceptors (Lipinski definition) is 3. The molecule has 1 aromatic heterocycles. The first-order valence-corrected chi connectivity index (χ1v) is 6.50. The third-order valence-corrected chi connectivity index (χ3v) is 3.45. The van der Waals surface area contributed by atoms with Gasteiger partial charge in [0.1, 0.15) is 0 Å². The number of nitrogens with zero attached hydrogens (tertiary/aromatic N) is 2. The van der Waals surface area contributed by atoms with E-state index in [9.17, 15) is 4.79 Å². The molecule has 1 N–H and O–H groups in total. The highest BCUT2D eigenvalue weighted by atomic mass is 16.2. The van der Waals surface area contributed by atoms with Crippen LogP contribution in [0.4, 0.5) is 0 Å². The Hall–Kier alpha value is -1.42. The molecule has 1 saturated heterocycles. The van der Waals surface area contributed by atoms with E-state index in [2.05, 4.69) is 24.1 Å². The quantitative estimate of drug-likeness (QED) is 0.873. The third-order valence-electron chi connectivity index (χ3n) is 3.45. The van der Waals surface area contributed by atoms with Gasteiger partial charge in [-0.3, -0.25) is 9.78 Å². The average molecular weight is 247 g/mol. The highest BCUT2D eigenvalue weighted by molar-refractivity contribution is 5.77. The summed E-state index contributed by atoms with van der Waals surface area (Å²) in [5, 5.41) is 3.33. The van der Waals surface area contributed by atoms with E-state index in [0.29, 0.717) is 6.42 Å². The van der Waals surface area contributed by atoms with Crippen molar-refractivity contribution in [3.05, 3.63) is 30.1 Å². The molecule has 4 heteroatoms. The van der Waals surface area contributed by atoms with Gasteiger partial charge in [-0.25, -0.2) is 0 Å². The number of piperazine rings is 1. The maximum atomic E-state index is 12.3. The second-order valence-electron chi connectivity index (χ2n) is 5.40. The molecular formula is C14H21N3O. The lowest BCUT2D eigenvalue weighted by Crippen LogP contribution is -2.59. The van der Waals surface area contributed by atoms with Gasteiger partial charge in [-0.2, -0.15) is 0 Å². The molecule has 1 aliphatic heterocycles. The summed E-state index contributed by atoms with van der Waals surface area (Å²) in [6.45, 7) is 6.79. The second-order valence-corrected chi connectivity index (χ2v) is 5.40. The van der Waals surface area contributed by atoms with Crippen LogP contribution in [-0.4, -0.2) is 41.0 Å². The molecule has 2 heterocycles. The molecule has 98 valence electrons. The first-order chi connectivity index (χ1) is 8.59. The van der Waals surface area contributed by atoms with Crippen molar-refractivity contribution in [3.8, 4) is 0 Å². The van der Waals surface area contributed by atoms with Gasteiger partial charge >= 0.3 is 0 Å². The van der Waals surface area contributed by atoms with Gasteiger partial charge in [0, 0.05) is 44.0 Å². The van der Waals surface area contributed by atoms with Crippen molar-refractivity contribution in [2.75, 3.05) is 19.6 Å². The molecule has 0 saturated carbocycles. The Morgan fingerprint density at radius 3 is 3.06 bits per heavy atom. The number of pyridine rings is 1. The number of aryl methyl sites for hydroxylation is 1.